The van der Waals surface area contributed by atoms with Crippen molar-refractivity contribution in [1.82, 2.24) is 9.88 Å². The molecule has 0 spiro atoms. The number of carbonyl (C=O) groups is 1. The van der Waals surface area contributed by atoms with Crippen molar-refractivity contribution < 1.29 is 9.53 Å². The average Bonchev–Trinajstić information content (AvgIpc) is 2.86. The molecule has 3 heterocycles. The molecule has 19 heavy (non-hydrogen) atoms. The highest BCUT2D eigenvalue weighted by atomic mass is 32.1. The number of rotatable bonds is 3. The zero-order chi connectivity index (χ0) is 13.2. The lowest BCUT2D eigenvalue weighted by atomic mass is 10.1. The number of aryl methyl sites for hydroxylation is 1. The third-order valence-electron chi connectivity index (χ3n) is 3.02. The van der Waals surface area contributed by atoms with Crippen molar-refractivity contribution in [3.63, 3.8) is 0 Å². The lowest BCUT2D eigenvalue weighted by Gasteiger charge is -2.38. The van der Waals surface area contributed by atoms with Gasteiger partial charge < -0.3 is 9.64 Å². The second kappa shape index (κ2) is 5.01. The molecule has 0 aromatic carbocycles. The van der Waals surface area contributed by atoms with E-state index in [0.29, 0.717) is 19.0 Å². The van der Waals surface area contributed by atoms with Gasteiger partial charge >= 0.3 is 0 Å². The monoisotopic (exact) mass is 274 g/mol. The number of hydrogen-bond acceptors (Lipinski definition) is 4. The SMILES string of the molecule is Cc1cccc(OC2CN(C(=O)c3cccs3)C2)n1. The minimum atomic E-state index is 0.0539. The number of amides is 1. The maximum absolute atomic E-state index is 12.0. The van der Waals surface area contributed by atoms with Gasteiger partial charge in [0, 0.05) is 11.8 Å². The van der Waals surface area contributed by atoms with Gasteiger partial charge in [-0.1, -0.05) is 12.1 Å². The third-order valence-corrected chi connectivity index (χ3v) is 3.88. The summed E-state index contributed by atoms with van der Waals surface area (Å²) in [4.78, 5) is 18.9. The third kappa shape index (κ3) is 2.61. The predicted molar refractivity (Wildman–Crippen MR) is 73.6 cm³/mol. The summed E-state index contributed by atoms with van der Waals surface area (Å²) in [5.41, 5.74) is 0.934. The van der Waals surface area contributed by atoms with Crippen LogP contribution < -0.4 is 4.74 Å². The zero-order valence-corrected chi connectivity index (χ0v) is 11.4. The number of ether oxygens (including phenoxy) is 1. The Kier molecular flexibility index (Phi) is 3.21. The molecule has 4 nitrogen and oxygen atoms in total. The van der Waals surface area contributed by atoms with Crippen molar-refractivity contribution in [3.8, 4) is 5.88 Å². The minimum absolute atomic E-state index is 0.0539. The molecule has 2 aromatic heterocycles. The Morgan fingerprint density at radius 1 is 1.37 bits per heavy atom. The highest BCUT2D eigenvalue weighted by Crippen LogP contribution is 2.20. The summed E-state index contributed by atoms with van der Waals surface area (Å²) < 4.78 is 5.73. The largest absolute Gasteiger partial charge is 0.471 e. The van der Waals surface area contributed by atoms with Crippen molar-refractivity contribution in [1.29, 1.82) is 0 Å². The van der Waals surface area contributed by atoms with Crippen LogP contribution in [-0.2, 0) is 0 Å². The Morgan fingerprint density at radius 3 is 2.89 bits per heavy atom. The summed E-state index contributed by atoms with van der Waals surface area (Å²) in [6, 6.07) is 9.44. The molecule has 2 aromatic rings. The van der Waals surface area contributed by atoms with E-state index in [2.05, 4.69) is 4.98 Å². The number of hydrogen-bond donors (Lipinski definition) is 0. The molecule has 0 bridgehead atoms. The van der Waals surface area contributed by atoms with Gasteiger partial charge in [0.15, 0.2) is 0 Å². The maximum atomic E-state index is 12.0. The van der Waals surface area contributed by atoms with Gasteiger partial charge in [0.05, 0.1) is 18.0 Å². The van der Waals surface area contributed by atoms with Crippen LogP contribution in [0.3, 0.4) is 0 Å². The van der Waals surface area contributed by atoms with Crippen LogP contribution in [-0.4, -0.2) is 35.0 Å². The Bertz CT molecular complexity index is 577. The van der Waals surface area contributed by atoms with Crippen LogP contribution in [0.2, 0.25) is 0 Å². The van der Waals surface area contributed by atoms with Crippen molar-refractivity contribution in [3.05, 3.63) is 46.3 Å². The fraction of sp³-hybridized carbons (Fsp3) is 0.286. The van der Waals surface area contributed by atoms with Gasteiger partial charge in [0.2, 0.25) is 5.88 Å². The summed E-state index contributed by atoms with van der Waals surface area (Å²) >= 11 is 1.47. The summed E-state index contributed by atoms with van der Waals surface area (Å²) in [6.07, 6.45) is 0.0539. The number of likely N-dealkylation sites (tertiary alicyclic amines) is 1. The van der Waals surface area contributed by atoms with Crippen molar-refractivity contribution in [2.75, 3.05) is 13.1 Å². The minimum Gasteiger partial charge on any atom is -0.471 e. The molecule has 1 amide bonds. The molecule has 0 atom stereocenters. The lowest BCUT2D eigenvalue weighted by Crippen LogP contribution is -2.56. The normalized spacial score (nSPS) is 15.1. The van der Waals surface area contributed by atoms with E-state index < -0.39 is 0 Å². The molecule has 0 unspecified atom stereocenters. The number of nitrogens with zero attached hydrogens (tertiary/aromatic N) is 2. The maximum Gasteiger partial charge on any atom is 0.264 e. The van der Waals surface area contributed by atoms with E-state index in [1.54, 1.807) is 4.90 Å². The van der Waals surface area contributed by atoms with Gasteiger partial charge in [-0.3, -0.25) is 4.79 Å². The van der Waals surface area contributed by atoms with E-state index in [1.807, 2.05) is 42.6 Å². The van der Waals surface area contributed by atoms with Gasteiger partial charge in [-0.2, -0.15) is 0 Å². The quantitative estimate of drug-likeness (QED) is 0.863. The number of pyridine rings is 1. The first-order chi connectivity index (χ1) is 9.22. The molecule has 98 valence electrons. The van der Waals surface area contributed by atoms with Gasteiger partial charge in [0.1, 0.15) is 6.10 Å². The van der Waals surface area contributed by atoms with Gasteiger partial charge in [-0.15, -0.1) is 11.3 Å². The summed E-state index contributed by atoms with van der Waals surface area (Å²) in [7, 11) is 0. The van der Waals surface area contributed by atoms with E-state index >= 15 is 0 Å². The van der Waals surface area contributed by atoms with Crippen LogP contribution in [0.25, 0.3) is 0 Å². The van der Waals surface area contributed by atoms with Gasteiger partial charge in [-0.25, -0.2) is 4.98 Å². The fourth-order valence-electron chi connectivity index (χ4n) is 1.99. The Hall–Kier alpha value is -1.88. The summed E-state index contributed by atoms with van der Waals surface area (Å²) in [6.45, 7) is 3.19. The number of carbonyl (C=O) groups excluding carboxylic acids is 1. The summed E-state index contributed by atoms with van der Waals surface area (Å²) in [5, 5.41) is 1.91. The van der Waals surface area contributed by atoms with Crippen LogP contribution in [0.5, 0.6) is 5.88 Å². The molecule has 1 aliphatic rings. The first-order valence-corrected chi connectivity index (χ1v) is 7.03. The highest BCUT2D eigenvalue weighted by Gasteiger charge is 2.33. The molecule has 1 aliphatic heterocycles. The summed E-state index contributed by atoms with van der Waals surface area (Å²) in [5.74, 6) is 0.722. The standard InChI is InChI=1S/C14H14N2O2S/c1-10-4-2-6-13(15-10)18-11-8-16(9-11)14(17)12-5-3-7-19-12/h2-7,11H,8-9H2,1H3. The van der Waals surface area contributed by atoms with Gasteiger partial charge in [0.25, 0.3) is 5.91 Å². The Balaban J connectivity index is 1.54. The smallest absolute Gasteiger partial charge is 0.264 e. The van der Waals surface area contributed by atoms with Crippen molar-refractivity contribution >= 4 is 17.2 Å². The number of thiophene rings is 1. The molecular formula is C14H14N2O2S. The Labute approximate surface area is 115 Å². The van der Waals surface area contributed by atoms with Crippen LogP contribution in [0.4, 0.5) is 0 Å². The second-order valence-electron chi connectivity index (χ2n) is 4.54. The van der Waals surface area contributed by atoms with Crippen LogP contribution in [0, 0.1) is 6.92 Å². The van der Waals surface area contributed by atoms with Crippen LogP contribution in [0.15, 0.2) is 35.7 Å². The van der Waals surface area contributed by atoms with E-state index in [9.17, 15) is 4.79 Å². The van der Waals surface area contributed by atoms with Gasteiger partial charge in [-0.05, 0) is 24.4 Å². The van der Waals surface area contributed by atoms with Crippen molar-refractivity contribution in [2.45, 2.75) is 13.0 Å². The molecule has 0 radical (unpaired) electrons. The highest BCUT2D eigenvalue weighted by molar-refractivity contribution is 7.12. The average molecular weight is 274 g/mol. The first-order valence-electron chi connectivity index (χ1n) is 6.15. The molecular weight excluding hydrogens is 260 g/mol. The van der Waals surface area contributed by atoms with Crippen LogP contribution >= 0.6 is 11.3 Å². The molecule has 1 saturated heterocycles. The topological polar surface area (TPSA) is 42.4 Å². The lowest BCUT2D eigenvalue weighted by molar-refractivity contribution is 0.0163. The number of aromatic nitrogens is 1. The fourth-order valence-corrected chi connectivity index (χ4v) is 2.68. The first kappa shape index (κ1) is 12.2. The van der Waals surface area contributed by atoms with E-state index in [0.717, 1.165) is 10.6 Å². The van der Waals surface area contributed by atoms with E-state index in [4.69, 9.17) is 4.74 Å². The van der Waals surface area contributed by atoms with Crippen LogP contribution in [0.1, 0.15) is 15.4 Å². The van der Waals surface area contributed by atoms with Crippen molar-refractivity contribution in [2.24, 2.45) is 0 Å². The van der Waals surface area contributed by atoms with E-state index in [1.165, 1.54) is 11.3 Å². The molecule has 3 rings (SSSR count). The molecule has 0 N–H and O–H groups in total. The molecule has 5 heteroatoms. The second-order valence-corrected chi connectivity index (χ2v) is 5.49. The molecule has 0 saturated carbocycles. The molecule has 0 aliphatic carbocycles. The molecule has 1 fully saturated rings. The Morgan fingerprint density at radius 2 is 2.21 bits per heavy atom. The van der Waals surface area contributed by atoms with E-state index in [-0.39, 0.29) is 12.0 Å². The predicted octanol–water partition coefficient (Wildman–Crippen LogP) is 2.35. The zero-order valence-electron chi connectivity index (χ0n) is 10.6.